The molecule has 1 fully saturated rings. The molecule has 6 nitrogen and oxygen atoms in total. The number of carbonyl (C=O) groups excluding carboxylic acids is 2. The van der Waals surface area contributed by atoms with Gasteiger partial charge in [-0.15, -0.1) is 0 Å². The Morgan fingerprint density at radius 1 is 0.857 bits per heavy atom. The van der Waals surface area contributed by atoms with Gasteiger partial charge >= 0.3 is 0 Å². The van der Waals surface area contributed by atoms with E-state index in [1.807, 2.05) is 86.6 Å². The number of hydrogen-bond acceptors (Lipinski definition) is 4. The van der Waals surface area contributed by atoms with Gasteiger partial charge < -0.3 is 19.7 Å². The number of aryl methyl sites for hydroxylation is 1. The highest BCUT2D eigenvalue weighted by molar-refractivity contribution is 6.30. The van der Waals surface area contributed by atoms with Crippen molar-refractivity contribution in [3.05, 3.63) is 94.5 Å². The molecule has 224 valence electrons. The Balaban J connectivity index is 1.59. The summed E-state index contributed by atoms with van der Waals surface area (Å²) in [5.74, 6) is 1.21. The van der Waals surface area contributed by atoms with E-state index in [9.17, 15) is 9.59 Å². The van der Waals surface area contributed by atoms with E-state index in [1.165, 1.54) is 6.42 Å². The summed E-state index contributed by atoms with van der Waals surface area (Å²) in [6.45, 7) is 5.26. The highest BCUT2D eigenvalue weighted by atomic mass is 35.5. The lowest BCUT2D eigenvalue weighted by Gasteiger charge is -2.33. The van der Waals surface area contributed by atoms with Gasteiger partial charge in [0.05, 0.1) is 13.2 Å². The van der Waals surface area contributed by atoms with Crippen molar-refractivity contribution in [2.75, 3.05) is 13.2 Å². The Bertz CT molecular complexity index is 1280. The first kappa shape index (κ1) is 31.4. The van der Waals surface area contributed by atoms with Gasteiger partial charge in [0.1, 0.15) is 6.04 Å². The van der Waals surface area contributed by atoms with Crippen LogP contribution in [0.25, 0.3) is 0 Å². The van der Waals surface area contributed by atoms with Gasteiger partial charge in [-0.25, -0.2) is 0 Å². The topological polar surface area (TPSA) is 67.9 Å². The normalized spacial score (nSPS) is 14.2. The van der Waals surface area contributed by atoms with Crippen molar-refractivity contribution in [3.63, 3.8) is 0 Å². The summed E-state index contributed by atoms with van der Waals surface area (Å²) in [4.78, 5) is 29.8. The molecule has 0 unspecified atom stereocenters. The average Bonchev–Trinajstić information content (AvgIpc) is 3.01. The van der Waals surface area contributed by atoms with Crippen LogP contribution >= 0.6 is 11.6 Å². The van der Waals surface area contributed by atoms with Gasteiger partial charge in [0, 0.05) is 30.5 Å². The molecule has 0 radical (unpaired) electrons. The molecule has 2 amide bonds. The zero-order valence-electron chi connectivity index (χ0n) is 24.8. The second-order valence-electron chi connectivity index (χ2n) is 10.8. The van der Waals surface area contributed by atoms with Crippen LogP contribution in [0, 0.1) is 0 Å². The lowest BCUT2D eigenvalue weighted by Crippen LogP contribution is -2.52. The maximum atomic E-state index is 14.1. The van der Waals surface area contributed by atoms with Crippen molar-refractivity contribution >= 4 is 23.4 Å². The van der Waals surface area contributed by atoms with Crippen LogP contribution in [-0.4, -0.2) is 42.0 Å². The van der Waals surface area contributed by atoms with Gasteiger partial charge in [-0.3, -0.25) is 9.59 Å². The number of nitrogens with one attached hydrogen (secondary N) is 1. The quantitative estimate of drug-likeness (QED) is 0.216. The fraction of sp³-hybridized carbons (Fsp3) is 0.429. The van der Waals surface area contributed by atoms with Gasteiger partial charge in [0.2, 0.25) is 11.8 Å². The second kappa shape index (κ2) is 16.2. The van der Waals surface area contributed by atoms with E-state index in [0.717, 1.165) is 42.4 Å². The lowest BCUT2D eigenvalue weighted by atomic mass is 9.94. The minimum Gasteiger partial charge on any atom is -0.490 e. The summed E-state index contributed by atoms with van der Waals surface area (Å²) >= 11 is 6.16. The third-order valence-electron chi connectivity index (χ3n) is 7.72. The Hall–Kier alpha value is -3.51. The number of halogens is 1. The van der Waals surface area contributed by atoms with Crippen LogP contribution in [0.4, 0.5) is 0 Å². The van der Waals surface area contributed by atoms with Crippen molar-refractivity contribution in [2.45, 2.75) is 83.8 Å². The predicted octanol–water partition coefficient (Wildman–Crippen LogP) is 7.16. The Kier molecular flexibility index (Phi) is 12.1. The molecule has 0 aliphatic heterocycles. The van der Waals surface area contributed by atoms with Gasteiger partial charge in [-0.05, 0) is 74.1 Å². The standard InChI is InChI=1S/C35H43ClN2O4/c1-3-41-32-21-17-27(24-33(32)42-4-2)18-22-34(39)38(25-28-15-19-29(36)20-16-28)31(23-26-11-7-5-8-12-26)35(40)37-30-13-9-6-10-14-30/h5,7-8,11-12,15-17,19-21,24,30-31H,3-4,6,9-10,13-14,18,22-23,25H2,1-2H3,(H,37,40)/t31-/m0/s1. The molecule has 1 aliphatic carbocycles. The Morgan fingerprint density at radius 3 is 2.21 bits per heavy atom. The minimum absolute atomic E-state index is 0.0727. The van der Waals surface area contributed by atoms with Gasteiger partial charge in [-0.1, -0.05) is 79.4 Å². The number of benzene rings is 3. The van der Waals surface area contributed by atoms with E-state index in [-0.39, 0.29) is 24.3 Å². The second-order valence-corrected chi connectivity index (χ2v) is 11.3. The third kappa shape index (κ3) is 9.25. The molecule has 42 heavy (non-hydrogen) atoms. The van der Waals surface area contributed by atoms with E-state index < -0.39 is 6.04 Å². The largest absolute Gasteiger partial charge is 0.490 e. The summed E-state index contributed by atoms with van der Waals surface area (Å²) in [7, 11) is 0. The monoisotopic (exact) mass is 590 g/mol. The first-order valence-corrected chi connectivity index (χ1v) is 15.6. The van der Waals surface area contributed by atoms with Gasteiger partial charge in [0.25, 0.3) is 0 Å². The zero-order valence-corrected chi connectivity index (χ0v) is 25.6. The van der Waals surface area contributed by atoms with Crippen molar-refractivity contribution < 1.29 is 19.1 Å². The fourth-order valence-electron chi connectivity index (χ4n) is 5.53. The van der Waals surface area contributed by atoms with E-state index in [0.29, 0.717) is 49.1 Å². The maximum absolute atomic E-state index is 14.1. The first-order chi connectivity index (χ1) is 20.5. The molecule has 1 N–H and O–H groups in total. The molecular formula is C35H43ClN2O4. The molecule has 0 spiro atoms. The number of hydrogen-bond donors (Lipinski definition) is 1. The van der Waals surface area contributed by atoms with Crippen LogP contribution < -0.4 is 14.8 Å². The molecule has 7 heteroatoms. The van der Waals surface area contributed by atoms with Crippen molar-refractivity contribution in [2.24, 2.45) is 0 Å². The highest BCUT2D eigenvalue weighted by Crippen LogP contribution is 2.29. The van der Waals surface area contributed by atoms with Crippen LogP contribution in [0.1, 0.15) is 69.1 Å². The summed E-state index contributed by atoms with van der Waals surface area (Å²) in [6, 6.07) is 22.7. The van der Waals surface area contributed by atoms with Crippen LogP contribution in [0.15, 0.2) is 72.8 Å². The third-order valence-corrected chi connectivity index (χ3v) is 7.98. The highest BCUT2D eigenvalue weighted by Gasteiger charge is 2.31. The molecular weight excluding hydrogens is 548 g/mol. The Morgan fingerprint density at radius 2 is 1.52 bits per heavy atom. The number of carbonyl (C=O) groups is 2. The van der Waals surface area contributed by atoms with Crippen molar-refractivity contribution in [1.29, 1.82) is 0 Å². The van der Waals surface area contributed by atoms with Crippen molar-refractivity contribution in [1.82, 2.24) is 10.2 Å². The molecule has 3 aromatic rings. The summed E-state index contributed by atoms with van der Waals surface area (Å²) in [6.07, 6.45) is 6.62. The molecule has 0 heterocycles. The van der Waals surface area contributed by atoms with Crippen LogP contribution in [0.3, 0.4) is 0 Å². The van der Waals surface area contributed by atoms with E-state index in [4.69, 9.17) is 21.1 Å². The fourth-order valence-corrected chi connectivity index (χ4v) is 5.66. The predicted molar refractivity (Wildman–Crippen MR) is 168 cm³/mol. The van der Waals surface area contributed by atoms with Crippen LogP contribution in [0.5, 0.6) is 11.5 Å². The zero-order chi connectivity index (χ0) is 29.7. The molecule has 1 atom stereocenters. The van der Waals surface area contributed by atoms with Crippen molar-refractivity contribution in [3.8, 4) is 11.5 Å². The van der Waals surface area contributed by atoms with E-state index in [1.54, 1.807) is 4.90 Å². The number of ether oxygens (including phenoxy) is 2. The molecule has 3 aromatic carbocycles. The smallest absolute Gasteiger partial charge is 0.243 e. The molecule has 1 saturated carbocycles. The average molecular weight is 591 g/mol. The molecule has 0 bridgehead atoms. The molecule has 0 aromatic heterocycles. The summed E-state index contributed by atoms with van der Waals surface area (Å²) in [5.41, 5.74) is 2.92. The number of rotatable bonds is 14. The minimum atomic E-state index is -0.642. The lowest BCUT2D eigenvalue weighted by molar-refractivity contribution is -0.141. The van der Waals surface area contributed by atoms with Gasteiger partial charge in [-0.2, -0.15) is 0 Å². The molecule has 0 saturated heterocycles. The van der Waals surface area contributed by atoms with E-state index in [2.05, 4.69) is 5.32 Å². The van der Waals surface area contributed by atoms with E-state index >= 15 is 0 Å². The Labute approximate surface area is 255 Å². The first-order valence-electron chi connectivity index (χ1n) is 15.2. The number of amides is 2. The van der Waals surface area contributed by atoms with Crippen LogP contribution in [-0.2, 0) is 29.0 Å². The van der Waals surface area contributed by atoms with Gasteiger partial charge in [0.15, 0.2) is 11.5 Å². The summed E-state index contributed by atoms with van der Waals surface area (Å²) < 4.78 is 11.5. The maximum Gasteiger partial charge on any atom is 0.243 e. The summed E-state index contributed by atoms with van der Waals surface area (Å²) in [5, 5.41) is 3.93. The molecule has 1 aliphatic rings. The SMILES string of the molecule is CCOc1ccc(CCC(=O)N(Cc2ccc(Cl)cc2)[C@@H](Cc2ccccc2)C(=O)NC2CCCCC2)cc1OCC. The number of nitrogens with zero attached hydrogens (tertiary/aromatic N) is 1. The van der Waals surface area contributed by atoms with Crippen LogP contribution in [0.2, 0.25) is 5.02 Å². The molecule has 4 rings (SSSR count).